The number of benzene rings is 1. The maximum atomic E-state index is 3.98. The fourth-order valence-corrected chi connectivity index (χ4v) is 3.97. The molecule has 0 spiro atoms. The van der Waals surface area contributed by atoms with Crippen molar-refractivity contribution in [2.75, 3.05) is 56.5 Å². The van der Waals surface area contributed by atoms with Gasteiger partial charge in [0.2, 0.25) is 0 Å². The molecule has 1 aromatic heterocycles. The molecular formula is C19H28N6. The van der Waals surface area contributed by atoms with Gasteiger partial charge >= 0.3 is 0 Å². The lowest BCUT2D eigenvalue weighted by Crippen LogP contribution is -2.53. The molecule has 2 aromatic rings. The Balaban J connectivity index is 1.34. The summed E-state index contributed by atoms with van der Waals surface area (Å²) in [4.78, 5) is 7.66. The molecule has 25 heavy (non-hydrogen) atoms. The number of anilines is 3. The smallest absolute Gasteiger partial charge is 0.125 e. The van der Waals surface area contributed by atoms with Crippen LogP contribution in [-0.2, 0) is 0 Å². The molecule has 134 valence electrons. The fourth-order valence-electron chi connectivity index (χ4n) is 3.97. The van der Waals surface area contributed by atoms with Crippen LogP contribution in [0.4, 0.5) is 17.2 Å². The third-order valence-corrected chi connectivity index (χ3v) is 5.51. The van der Waals surface area contributed by atoms with E-state index in [1.165, 1.54) is 44.7 Å². The van der Waals surface area contributed by atoms with Gasteiger partial charge in [-0.2, -0.15) is 5.10 Å². The Labute approximate surface area is 149 Å². The minimum Gasteiger partial charge on any atom is -0.369 e. The minimum absolute atomic E-state index is 0.784. The SMILES string of the molecule is CN1CCC(N2CCN(c3cccc(Nc4ccn[nH]4)c3)CC2)CC1. The van der Waals surface area contributed by atoms with Gasteiger partial charge in [-0.05, 0) is 51.2 Å². The van der Waals surface area contributed by atoms with Gasteiger partial charge in [-0.15, -0.1) is 0 Å². The number of hydrogen-bond donors (Lipinski definition) is 2. The van der Waals surface area contributed by atoms with Crippen LogP contribution in [0.15, 0.2) is 36.5 Å². The van der Waals surface area contributed by atoms with Crippen LogP contribution in [0.2, 0.25) is 0 Å². The molecule has 2 aliphatic heterocycles. The number of H-pyrrole nitrogens is 1. The third kappa shape index (κ3) is 3.96. The summed E-state index contributed by atoms with van der Waals surface area (Å²) in [7, 11) is 2.23. The van der Waals surface area contributed by atoms with Crippen LogP contribution in [-0.4, -0.2) is 72.4 Å². The lowest BCUT2D eigenvalue weighted by atomic mass is 10.0. The molecule has 2 N–H and O–H groups in total. The maximum absolute atomic E-state index is 3.98. The number of nitrogens with one attached hydrogen (secondary N) is 2. The van der Waals surface area contributed by atoms with Crippen molar-refractivity contribution in [3.63, 3.8) is 0 Å². The van der Waals surface area contributed by atoms with Gasteiger partial charge in [0.05, 0.1) is 6.20 Å². The maximum Gasteiger partial charge on any atom is 0.125 e. The van der Waals surface area contributed by atoms with E-state index in [-0.39, 0.29) is 0 Å². The van der Waals surface area contributed by atoms with Crippen molar-refractivity contribution in [1.82, 2.24) is 20.0 Å². The van der Waals surface area contributed by atoms with Gasteiger partial charge in [0, 0.05) is 49.7 Å². The molecule has 0 bridgehead atoms. The van der Waals surface area contributed by atoms with Crippen LogP contribution in [0.5, 0.6) is 0 Å². The van der Waals surface area contributed by atoms with Crippen LogP contribution < -0.4 is 10.2 Å². The molecule has 0 radical (unpaired) electrons. The number of piperidine rings is 1. The lowest BCUT2D eigenvalue weighted by molar-refractivity contribution is 0.115. The summed E-state index contributed by atoms with van der Waals surface area (Å²) < 4.78 is 0. The highest BCUT2D eigenvalue weighted by Gasteiger charge is 2.26. The van der Waals surface area contributed by atoms with Crippen molar-refractivity contribution < 1.29 is 0 Å². The first-order valence-electron chi connectivity index (χ1n) is 9.32. The topological polar surface area (TPSA) is 50.4 Å². The van der Waals surface area contributed by atoms with Crippen LogP contribution in [0.3, 0.4) is 0 Å². The Morgan fingerprint density at radius 1 is 1.04 bits per heavy atom. The molecule has 0 unspecified atom stereocenters. The van der Waals surface area contributed by atoms with Gasteiger partial charge in [-0.25, -0.2) is 0 Å². The Kier molecular flexibility index (Phi) is 4.90. The third-order valence-electron chi connectivity index (χ3n) is 5.51. The highest BCUT2D eigenvalue weighted by molar-refractivity contribution is 5.63. The molecule has 3 heterocycles. The Morgan fingerprint density at radius 3 is 2.56 bits per heavy atom. The second-order valence-electron chi connectivity index (χ2n) is 7.20. The second kappa shape index (κ2) is 7.45. The van der Waals surface area contributed by atoms with Crippen LogP contribution in [0.1, 0.15) is 12.8 Å². The Hall–Kier alpha value is -2.05. The average molecular weight is 340 g/mol. The first-order chi connectivity index (χ1) is 12.3. The van der Waals surface area contributed by atoms with Gasteiger partial charge in [-0.3, -0.25) is 10.00 Å². The van der Waals surface area contributed by atoms with Gasteiger partial charge in [0.1, 0.15) is 5.82 Å². The first-order valence-corrected chi connectivity index (χ1v) is 9.32. The van der Waals surface area contributed by atoms with Crippen molar-refractivity contribution in [2.45, 2.75) is 18.9 Å². The molecule has 2 fully saturated rings. The molecule has 0 saturated carbocycles. The second-order valence-corrected chi connectivity index (χ2v) is 7.20. The van der Waals surface area contributed by atoms with Crippen molar-refractivity contribution in [2.24, 2.45) is 0 Å². The summed E-state index contributed by atoms with van der Waals surface area (Å²) in [5, 5.41) is 10.3. The van der Waals surface area contributed by atoms with Gasteiger partial charge < -0.3 is 15.1 Å². The van der Waals surface area contributed by atoms with Crippen LogP contribution >= 0.6 is 0 Å². The summed E-state index contributed by atoms with van der Waals surface area (Å²) >= 11 is 0. The van der Waals surface area contributed by atoms with E-state index in [9.17, 15) is 0 Å². The highest BCUT2D eigenvalue weighted by atomic mass is 15.3. The number of aromatic amines is 1. The van der Waals surface area contributed by atoms with Crippen molar-refractivity contribution in [3.8, 4) is 0 Å². The average Bonchev–Trinajstić information content (AvgIpc) is 3.16. The lowest BCUT2D eigenvalue weighted by Gasteiger charge is -2.43. The van der Waals surface area contributed by atoms with E-state index >= 15 is 0 Å². The molecule has 0 atom stereocenters. The van der Waals surface area contributed by atoms with Crippen LogP contribution in [0, 0.1) is 0 Å². The Morgan fingerprint density at radius 2 is 1.84 bits per heavy atom. The molecule has 6 nitrogen and oxygen atoms in total. The summed E-state index contributed by atoms with van der Waals surface area (Å²) in [6.45, 7) is 7.05. The number of hydrogen-bond acceptors (Lipinski definition) is 5. The van der Waals surface area contributed by atoms with Gasteiger partial charge in [0.25, 0.3) is 0 Å². The van der Waals surface area contributed by atoms with E-state index in [1.54, 1.807) is 6.20 Å². The standard InChI is InChI=1S/C19H28N6/c1-23-9-6-17(7-10-23)24-11-13-25(14-12-24)18-4-2-3-16(15-18)21-19-5-8-20-22-19/h2-5,8,15,17H,6-7,9-14H2,1H3,(H2,20,21,22). The zero-order valence-corrected chi connectivity index (χ0v) is 15.0. The van der Waals surface area contributed by atoms with E-state index < -0.39 is 0 Å². The number of nitrogens with zero attached hydrogens (tertiary/aromatic N) is 4. The summed E-state index contributed by atoms with van der Waals surface area (Å²) in [6, 6.07) is 11.4. The summed E-state index contributed by atoms with van der Waals surface area (Å²) in [6.07, 6.45) is 4.40. The van der Waals surface area contributed by atoms with Crippen LogP contribution in [0.25, 0.3) is 0 Å². The zero-order chi connectivity index (χ0) is 17.1. The molecular weight excluding hydrogens is 312 g/mol. The van der Waals surface area contributed by atoms with Crippen molar-refractivity contribution in [3.05, 3.63) is 36.5 Å². The van der Waals surface area contributed by atoms with Crippen molar-refractivity contribution in [1.29, 1.82) is 0 Å². The molecule has 0 amide bonds. The van der Waals surface area contributed by atoms with Crippen molar-refractivity contribution >= 4 is 17.2 Å². The molecule has 0 aliphatic carbocycles. The number of rotatable bonds is 4. The van der Waals surface area contributed by atoms with E-state index in [1.807, 2.05) is 6.07 Å². The zero-order valence-electron chi connectivity index (χ0n) is 15.0. The predicted molar refractivity (Wildman–Crippen MR) is 103 cm³/mol. The fraction of sp³-hybridized carbons (Fsp3) is 0.526. The Bertz CT molecular complexity index is 654. The van der Waals surface area contributed by atoms with E-state index in [0.29, 0.717) is 0 Å². The van der Waals surface area contributed by atoms with E-state index in [0.717, 1.165) is 30.6 Å². The normalized spacial score (nSPS) is 20.8. The summed E-state index contributed by atoms with van der Waals surface area (Å²) in [5.41, 5.74) is 2.40. The number of likely N-dealkylation sites (tertiary alicyclic amines) is 1. The molecule has 2 aliphatic rings. The molecule has 6 heteroatoms. The quantitative estimate of drug-likeness (QED) is 0.895. The minimum atomic E-state index is 0.784. The van der Waals surface area contributed by atoms with Gasteiger partial charge in [-0.1, -0.05) is 6.07 Å². The monoisotopic (exact) mass is 340 g/mol. The number of piperazine rings is 1. The largest absolute Gasteiger partial charge is 0.369 e. The summed E-state index contributed by atoms with van der Waals surface area (Å²) in [5.74, 6) is 0.921. The first kappa shape index (κ1) is 16.4. The van der Waals surface area contributed by atoms with E-state index in [4.69, 9.17) is 0 Å². The highest BCUT2D eigenvalue weighted by Crippen LogP contribution is 2.24. The predicted octanol–water partition coefficient (Wildman–Crippen LogP) is 2.37. The molecule has 2 saturated heterocycles. The number of aromatic nitrogens is 2. The molecule has 1 aromatic carbocycles. The van der Waals surface area contributed by atoms with E-state index in [2.05, 4.69) is 61.5 Å². The molecule has 4 rings (SSSR count). The van der Waals surface area contributed by atoms with Gasteiger partial charge in [0.15, 0.2) is 0 Å².